The number of fused-ring (bicyclic) bond motifs is 2. The lowest BCUT2D eigenvalue weighted by Crippen LogP contribution is -2.35. The fraction of sp³-hybridized carbons (Fsp3) is 0.381. The van der Waals surface area contributed by atoms with Crippen molar-refractivity contribution in [2.45, 2.75) is 30.6 Å². The molecule has 3 aliphatic heterocycles. The molecule has 29 heavy (non-hydrogen) atoms. The molecular formula is C21H22N2O5S. The molecule has 3 aliphatic rings. The molecule has 7 nitrogen and oxygen atoms in total. The second-order valence-electron chi connectivity index (χ2n) is 7.53. The number of sulfonamides is 1. The minimum Gasteiger partial charge on any atom is -0.454 e. The average molecular weight is 414 g/mol. The minimum absolute atomic E-state index is 0.126. The number of anilines is 1. The van der Waals surface area contributed by atoms with Crippen LogP contribution in [0.15, 0.2) is 41.3 Å². The highest BCUT2D eigenvalue weighted by molar-refractivity contribution is 7.89. The predicted molar refractivity (Wildman–Crippen MR) is 107 cm³/mol. The van der Waals surface area contributed by atoms with Crippen LogP contribution in [0.2, 0.25) is 0 Å². The van der Waals surface area contributed by atoms with E-state index in [9.17, 15) is 13.2 Å². The Morgan fingerprint density at radius 3 is 2.52 bits per heavy atom. The lowest BCUT2D eigenvalue weighted by atomic mass is 10.0. The summed E-state index contributed by atoms with van der Waals surface area (Å²) in [5, 5.41) is 0. The number of carbonyl (C=O) groups is 1. The van der Waals surface area contributed by atoms with Crippen LogP contribution in [-0.2, 0) is 16.4 Å². The molecule has 0 radical (unpaired) electrons. The fourth-order valence-electron chi connectivity index (χ4n) is 4.21. The summed E-state index contributed by atoms with van der Waals surface area (Å²) in [6, 6.07) is 10.3. The van der Waals surface area contributed by atoms with Gasteiger partial charge in [-0.25, -0.2) is 8.42 Å². The van der Waals surface area contributed by atoms with E-state index >= 15 is 0 Å². The van der Waals surface area contributed by atoms with Gasteiger partial charge in [0, 0.05) is 30.9 Å². The second kappa shape index (κ2) is 7.03. The van der Waals surface area contributed by atoms with Gasteiger partial charge in [0.1, 0.15) is 0 Å². The minimum atomic E-state index is -3.47. The summed E-state index contributed by atoms with van der Waals surface area (Å²) >= 11 is 0. The number of nitrogens with zero attached hydrogens (tertiary/aromatic N) is 2. The van der Waals surface area contributed by atoms with E-state index in [0.29, 0.717) is 41.6 Å². The van der Waals surface area contributed by atoms with E-state index in [-0.39, 0.29) is 12.7 Å². The molecule has 0 bridgehead atoms. The van der Waals surface area contributed by atoms with E-state index in [4.69, 9.17) is 9.47 Å². The zero-order valence-electron chi connectivity index (χ0n) is 16.0. The van der Waals surface area contributed by atoms with Crippen molar-refractivity contribution in [1.29, 1.82) is 0 Å². The molecule has 0 aliphatic carbocycles. The van der Waals surface area contributed by atoms with Crippen LogP contribution in [0.5, 0.6) is 11.5 Å². The van der Waals surface area contributed by atoms with Crippen LogP contribution in [0.4, 0.5) is 5.69 Å². The third-order valence-corrected chi connectivity index (χ3v) is 7.63. The number of hydrogen-bond donors (Lipinski definition) is 0. The zero-order valence-corrected chi connectivity index (χ0v) is 16.8. The lowest BCUT2D eigenvalue weighted by Gasteiger charge is -2.30. The predicted octanol–water partition coefficient (Wildman–Crippen LogP) is 2.79. The normalized spacial score (nSPS) is 18.7. The number of aryl methyl sites for hydroxylation is 1. The van der Waals surface area contributed by atoms with Gasteiger partial charge in [-0.1, -0.05) is 0 Å². The summed E-state index contributed by atoms with van der Waals surface area (Å²) in [6.45, 7) is 1.91. The Morgan fingerprint density at radius 1 is 0.897 bits per heavy atom. The number of ether oxygens (including phenoxy) is 2. The van der Waals surface area contributed by atoms with Gasteiger partial charge in [0.2, 0.25) is 16.8 Å². The Labute approximate surface area is 169 Å². The van der Waals surface area contributed by atoms with E-state index in [0.717, 1.165) is 36.9 Å². The molecule has 1 fully saturated rings. The summed E-state index contributed by atoms with van der Waals surface area (Å²) < 4.78 is 38.0. The first-order valence-electron chi connectivity index (χ1n) is 9.89. The molecule has 2 aromatic rings. The Kier molecular flexibility index (Phi) is 4.48. The van der Waals surface area contributed by atoms with Crippen LogP contribution in [0.3, 0.4) is 0 Å². The molecular weight excluding hydrogens is 392 g/mol. The van der Waals surface area contributed by atoms with Gasteiger partial charge >= 0.3 is 0 Å². The first-order chi connectivity index (χ1) is 14.0. The molecule has 0 unspecified atom stereocenters. The fourth-order valence-corrected chi connectivity index (χ4v) is 5.78. The maximum atomic E-state index is 13.2. The van der Waals surface area contributed by atoms with Gasteiger partial charge in [-0.3, -0.25) is 4.79 Å². The zero-order chi connectivity index (χ0) is 20.0. The highest BCUT2D eigenvalue weighted by atomic mass is 32.2. The maximum Gasteiger partial charge on any atom is 0.258 e. The number of carbonyl (C=O) groups excluding carboxylic acids is 1. The van der Waals surface area contributed by atoms with Gasteiger partial charge in [0.25, 0.3) is 5.91 Å². The van der Waals surface area contributed by atoms with Crippen molar-refractivity contribution in [3.8, 4) is 11.5 Å². The largest absolute Gasteiger partial charge is 0.454 e. The highest BCUT2D eigenvalue weighted by Gasteiger charge is 2.30. The molecule has 5 rings (SSSR count). The number of benzene rings is 2. The number of rotatable bonds is 3. The van der Waals surface area contributed by atoms with Crippen molar-refractivity contribution in [1.82, 2.24) is 4.31 Å². The summed E-state index contributed by atoms with van der Waals surface area (Å²) in [4.78, 5) is 15.2. The van der Waals surface area contributed by atoms with Gasteiger partial charge in [-0.2, -0.15) is 4.31 Å². The molecule has 0 aromatic heterocycles. The van der Waals surface area contributed by atoms with Gasteiger partial charge < -0.3 is 14.4 Å². The van der Waals surface area contributed by atoms with Crippen molar-refractivity contribution in [2.75, 3.05) is 31.3 Å². The maximum absolute atomic E-state index is 13.2. The number of hydrogen-bond acceptors (Lipinski definition) is 5. The van der Waals surface area contributed by atoms with Crippen molar-refractivity contribution in [3.05, 3.63) is 47.5 Å². The molecule has 0 spiro atoms. The molecule has 3 heterocycles. The summed E-state index contributed by atoms with van der Waals surface area (Å²) in [6.07, 6.45) is 3.35. The summed E-state index contributed by atoms with van der Waals surface area (Å²) in [7, 11) is -3.47. The summed E-state index contributed by atoms with van der Waals surface area (Å²) in [5.41, 5.74) is 2.20. The van der Waals surface area contributed by atoms with Gasteiger partial charge in [0.05, 0.1) is 4.90 Å². The van der Waals surface area contributed by atoms with E-state index < -0.39 is 10.0 Å². The van der Waals surface area contributed by atoms with Crippen molar-refractivity contribution in [2.24, 2.45) is 0 Å². The Bertz CT molecular complexity index is 1080. The molecule has 1 saturated heterocycles. The molecule has 0 atom stereocenters. The summed E-state index contributed by atoms with van der Waals surface area (Å²) in [5.74, 6) is 1.08. The van der Waals surface area contributed by atoms with Crippen molar-refractivity contribution < 1.29 is 22.7 Å². The van der Waals surface area contributed by atoms with Crippen LogP contribution in [0.25, 0.3) is 0 Å². The third kappa shape index (κ3) is 3.16. The SMILES string of the molecule is O=C(c1ccc2c(c1)OCO2)N1CCCc2cc(S(=O)(=O)N3CCCC3)ccc21. The smallest absolute Gasteiger partial charge is 0.258 e. The highest BCUT2D eigenvalue weighted by Crippen LogP contribution is 2.35. The van der Waals surface area contributed by atoms with E-state index in [1.165, 1.54) is 0 Å². The Hall–Kier alpha value is -2.58. The molecule has 8 heteroatoms. The molecule has 0 saturated carbocycles. The lowest BCUT2D eigenvalue weighted by molar-refractivity contribution is 0.0984. The topological polar surface area (TPSA) is 76.1 Å². The van der Waals surface area contributed by atoms with E-state index in [2.05, 4.69) is 0 Å². The number of amides is 1. The standard InChI is InChI=1S/C21H22N2O5S/c24-21(16-5-8-19-20(13-16)28-14-27-19)23-11-3-4-15-12-17(6-7-18(15)23)29(25,26)22-9-1-2-10-22/h5-8,12-13H,1-4,9-11,14H2. The molecule has 1 amide bonds. The first kappa shape index (κ1) is 18.4. The monoisotopic (exact) mass is 414 g/mol. The van der Waals surface area contributed by atoms with E-state index in [1.807, 2.05) is 0 Å². The van der Waals surface area contributed by atoms with Gasteiger partial charge in [-0.05, 0) is 67.6 Å². The van der Waals surface area contributed by atoms with Crippen molar-refractivity contribution >= 4 is 21.6 Å². The van der Waals surface area contributed by atoms with Gasteiger partial charge in [0.15, 0.2) is 11.5 Å². The van der Waals surface area contributed by atoms with Gasteiger partial charge in [-0.15, -0.1) is 0 Å². The van der Waals surface area contributed by atoms with Crippen LogP contribution >= 0.6 is 0 Å². The Balaban J connectivity index is 1.46. The third-order valence-electron chi connectivity index (χ3n) is 5.74. The average Bonchev–Trinajstić information content (AvgIpc) is 3.44. The van der Waals surface area contributed by atoms with Crippen LogP contribution in [-0.4, -0.2) is 45.1 Å². The van der Waals surface area contributed by atoms with Crippen LogP contribution in [0.1, 0.15) is 35.2 Å². The van der Waals surface area contributed by atoms with Crippen LogP contribution < -0.4 is 14.4 Å². The first-order valence-corrected chi connectivity index (χ1v) is 11.3. The second-order valence-corrected chi connectivity index (χ2v) is 9.47. The van der Waals surface area contributed by atoms with Crippen molar-refractivity contribution in [3.63, 3.8) is 0 Å². The quantitative estimate of drug-likeness (QED) is 0.772. The molecule has 0 N–H and O–H groups in total. The molecule has 152 valence electrons. The molecule has 2 aromatic carbocycles. The van der Waals surface area contributed by atoms with Crippen LogP contribution in [0, 0.1) is 0 Å². The van der Waals surface area contributed by atoms with E-state index in [1.54, 1.807) is 45.6 Å². The Morgan fingerprint density at radius 2 is 1.69 bits per heavy atom.